The minimum atomic E-state index is 0.151. The molecule has 0 aromatic heterocycles. The van der Waals surface area contributed by atoms with Crippen LogP contribution in [0.15, 0.2) is 36.4 Å². The average molecular weight is 344 g/mol. The Hall–Kier alpha value is -1.81. The fraction of sp³-hybridized carbons (Fsp3) is 0.571. The lowest BCUT2D eigenvalue weighted by Crippen LogP contribution is -2.42. The van der Waals surface area contributed by atoms with Crippen LogP contribution in [0, 0.1) is 5.92 Å². The van der Waals surface area contributed by atoms with Crippen LogP contribution in [0.4, 0.5) is 0 Å². The normalized spacial score (nSPS) is 15.8. The average Bonchev–Trinajstić information content (AvgIpc) is 2.61. The molecule has 25 heavy (non-hydrogen) atoms. The molecular formula is C21H32N2O2. The molecule has 0 saturated carbocycles. The van der Waals surface area contributed by atoms with E-state index in [0.29, 0.717) is 19.1 Å². The Morgan fingerprint density at radius 3 is 2.56 bits per heavy atom. The lowest BCUT2D eigenvalue weighted by molar-refractivity contribution is -0.136. The number of ether oxygens (including phenoxy) is 1. The molecule has 0 N–H and O–H groups in total. The highest BCUT2D eigenvalue weighted by atomic mass is 16.5. The third kappa shape index (κ3) is 5.60. The van der Waals surface area contributed by atoms with Crippen LogP contribution in [0.1, 0.15) is 39.2 Å². The molecule has 1 aliphatic rings. The summed E-state index contributed by atoms with van der Waals surface area (Å²) in [7, 11) is 0. The Bertz CT molecular complexity index is 577. The molecule has 0 radical (unpaired) electrons. The van der Waals surface area contributed by atoms with E-state index < -0.39 is 0 Å². The monoisotopic (exact) mass is 344 g/mol. The molecule has 2 rings (SSSR count). The first-order valence-electron chi connectivity index (χ1n) is 9.41. The molecule has 4 heteroatoms. The van der Waals surface area contributed by atoms with Crippen molar-refractivity contribution in [3.05, 3.63) is 42.0 Å². The van der Waals surface area contributed by atoms with Crippen LogP contribution >= 0.6 is 0 Å². The molecular weight excluding hydrogens is 312 g/mol. The summed E-state index contributed by atoms with van der Waals surface area (Å²) in [4.78, 5) is 17.1. The number of carbonyl (C=O) groups is 1. The van der Waals surface area contributed by atoms with E-state index in [-0.39, 0.29) is 5.92 Å². The maximum Gasteiger partial charge on any atom is 0.226 e. The quantitative estimate of drug-likeness (QED) is 0.674. The summed E-state index contributed by atoms with van der Waals surface area (Å²) in [5, 5.41) is 0. The van der Waals surface area contributed by atoms with E-state index in [4.69, 9.17) is 4.74 Å². The minimum absolute atomic E-state index is 0.151. The summed E-state index contributed by atoms with van der Waals surface area (Å²) >= 11 is 0. The molecule has 0 atom stereocenters. The summed E-state index contributed by atoms with van der Waals surface area (Å²) < 4.78 is 5.73. The smallest absolute Gasteiger partial charge is 0.226 e. The third-order valence-corrected chi connectivity index (χ3v) is 4.76. The van der Waals surface area contributed by atoms with Gasteiger partial charge in [-0.1, -0.05) is 30.4 Å². The molecule has 0 bridgehead atoms. The molecule has 0 unspecified atom stereocenters. The Balaban J connectivity index is 1.89. The molecule has 0 spiro atoms. The fourth-order valence-electron chi connectivity index (χ4n) is 3.44. The number of likely N-dealkylation sites (tertiary alicyclic amines) is 1. The number of para-hydroxylation sites is 1. The topological polar surface area (TPSA) is 32.8 Å². The number of likely N-dealkylation sites (N-methyl/N-ethyl adjacent to an activating group) is 1. The SMILES string of the molecule is C=C(C)CN(CC)C(=O)C1CCN(Cc2ccccc2OCC)CC1. The van der Waals surface area contributed by atoms with Crippen LogP contribution in [0.25, 0.3) is 0 Å². The van der Waals surface area contributed by atoms with Gasteiger partial charge in [0.15, 0.2) is 0 Å². The highest BCUT2D eigenvalue weighted by molar-refractivity contribution is 5.79. The predicted octanol–water partition coefficient (Wildman–Crippen LogP) is 3.72. The van der Waals surface area contributed by atoms with Crippen molar-refractivity contribution in [1.29, 1.82) is 0 Å². The zero-order valence-electron chi connectivity index (χ0n) is 16.0. The van der Waals surface area contributed by atoms with Crippen LogP contribution in [-0.4, -0.2) is 48.5 Å². The number of hydrogen-bond acceptors (Lipinski definition) is 3. The van der Waals surface area contributed by atoms with Gasteiger partial charge in [0.2, 0.25) is 5.91 Å². The van der Waals surface area contributed by atoms with E-state index in [1.54, 1.807) is 0 Å². The molecule has 1 fully saturated rings. The van der Waals surface area contributed by atoms with Crippen molar-refractivity contribution in [3.8, 4) is 5.75 Å². The number of hydrogen-bond donors (Lipinski definition) is 0. The number of nitrogens with zero attached hydrogens (tertiary/aromatic N) is 2. The first-order valence-corrected chi connectivity index (χ1v) is 9.41. The standard InChI is InChI=1S/C21H32N2O2/c1-5-23(15-17(3)4)21(24)18-11-13-22(14-12-18)16-19-9-7-8-10-20(19)25-6-2/h7-10,18H,3,5-6,11-16H2,1-2,4H3. The summed E-state index contributed by atoms with van der Waals surface area (Å²) in [5.41, 5.74) is 2.27. The van der Waals surface area contributed by atoms with Crippen molar-refractivity contribution >= 4 is 5.91 Å². The number of rotatable bonds is 8. The largest absolute Gasteiger partial charge is 0.494 e. The van der Waals surface area contributed by atoms with Gasteiger partial charge in [0.25, 0.3) is 0 Å². The van der Waals surface area contributed by atoms with Crippen LogP contribution in [0.2, 0.25) is 0 Å². The van der Waals surface area contributed by atoms with E-state index in [9.17, 15) is 4.79 Å². The van der Waals surface area contributed by atoms with Gasteiger partial charge in [-0.25, -0.2) is 0 Å². The summed E-state index contributed by atoms with van der Waals surface area (Å²) in [5.74, 6) is 1.42. The lowest BCUT2D eigenvalue weighted by Gasteiger charge is -2.34. The van der Waals surface area contributed by atoms with Gasteiger partial charge >= 0.3 is 0 Å². The van der Waals surface area contributed by atoms with Gasteiger partial charge in [-0.3, -0.25) is 9.69 Å². The molecule has 1 aromatic carbocycles. The predicted molar refractivity (Wildman–Crippen MR) is 103 cm³/mol. The maximum atomic E-state index is 12.7. The van der Waals surface area contributed by atoms with E-state index in [1.807, 2.05) is 37.8 Å². The highest BCUT2D eigenvalue weighted by Gasteiger charge is 2.28. The Kier molecular flexibility index (Phi) is 7.51. The van der Waals surface area contributed by atoms with Crippen LogP contribution in [0.5, 0.6) is 5.75 Å². The molecule has 4 nitrogen and oxygen atoms in total. The summed E-state index contributed by atoms with van der Waals surface area (Å²) in [6, 6.07) is 8.24. The maximum absolute atomic E-state index is 12.7. The van der Waals surface area contributed by atoms with Crippen molar-refractivity contribution in [2.45, 2.75) is 40.2 Å². The summed E-state index contributed by atoms with van der Waals surface area (Å²) in [6.07, 6.45) is 1.87. The van der Waals surface area contributed by atoms with Crippen LogP contribution in [0.3, 0.4) is 0 Å². The molecule has 0 aliphatic carbocycles. The second-order valence-electron chi connectivity index (χ2n) is 6.90. The van der Waals surface area contributed by atoms with Crippen LogP contribution < -0.4 is 4.74 Å². The highest BCUT2D eigenvalue weighted by Crippen LogP contribution is 2.25. The second kappa shape index (κ2) is 9.62. The molecule has 1 heterocycles. The van der Waals surface area contributed by atoms with E-state index in [1.165, 1.54) is 5.56 Å². The Morgan fingerprint density at radius 1 is 1.28 bits per heavy atom. The number of carbonyl (C=O) groups excluding carboxylic acids is 1. The third-order valence-electron chi connectivity index (χ3n) is 4.76. The van der Waals surface area contributed by atoms with Crippen molar-refractivity contribution in [2.24, 2.45) is 5.92 Å². The number of benzene rings is 1. The molecule has 1 aromatic rings. The van der Waals surface area contributed by atoms with Crippen molar-refractivity contribution in [1.82, 2.24) is 9.80 Å². The number of piperidine rings is 1. The zero-order chi connectivity index (χ0) is 18.2. The second-order valence-corrected chi connectivity index (χ2v) is 6.90. The van der Waals surface area contributed by atoms with E-state index in [0.717, 1.165) is 50.3 Å². The van der Waals surface area contributed by atoms with Crippen molar-refractivity contribution in [2.75, 3.05) is 32.8 Å². The van der Waals surface area contributed by atoms with Gasteiger partial charge < -0.3 is 9.64 Å². The van der Waals surface area contributed by atoms with Gasteiger partial charge in [0, 0.05) is 31.1 Å². The van der Waals surface area contributed by atoms with Gasteiger partial charge in [-0.05, 0) is 52.8 Å². The lowest BCUT2D eigenvalue weighted by atomic mass is 9.94. The van der Waals surface area contributed by atoms with E-state index in [2.05, 4.69) is 23.6 Å². The molecule has 1 aliphatic heterocycles. The first kappa shape index (κ1) is 19.5. The zero-order valence-corrected chi connectivity index (χ0v) is 16.0. The van der Waals surface area contributed by atoms with Gasteiger partial charge in [-0.15, -0.1) is 0 Å². The van der Waals surface area contributed by atoms with Crippen LogP contribution in [-0.2, 0) is 11.3 Å². The van der Waals surface area contributed by atoms with E-state index >= 15 is 0 Å². The van der Waals surface area contributed by atoms with Gasteiger partial charge in [0.1, 0.15) is 5.75 Å². The van der Waals surface area contributed by atoms with Crippen molar-refractivity contribution in [3.63, 3.8) is 0 Å². The Labute approximate surface area is 152 Å². The number of amides is 1. The fourth-order valence-corrected chi connectivity index (χ4v) is 3.44. The van der Waals surface area contributed by atoms with Gasteiger partial charge in [-0.2, -0.15) is 0 Å². The Morgan fingerprint density at radius 2 is 1.96 bits per heavy atom. The minimum Gasteiger partial charge on any atom is -0.494 e. The first-order chi connectivity index (χ1) is 12.0. The van der Waals surface area contributed by atoms with Crippen molar-refractivity contribution < 1.29 is 9.53 Å². The molecule has 1 amide bonds. The van der Waals surface area contributed by atoms with Gasteiger partial charge in [0.05, 0.1) is 6.61 Å². The molecule has 138 valence electrons. The summed E-state index contributed by atoms with van der Waals surface area (Å²) in [6.45, 7) is 14.9. The molecule has 1 saturated heterocycles.